The van der Waals surface area contributed by atoms with E-state index in [4.69, 9.17) is 10.5 Å². The summed E-state index contributed by atoms with van der Waals surface area (Å²) in [6.07, 6.45) is 2.14. The van der Waals surface area contributed by atoms with E-state index in [0.29, 0.717) is 30.0 Å². The molecule has 1 atom stereocenters. The van der Waals surface area contributed by atoms with Gasteiger partial charge < -0.3 is 15.8 Å². The van der Waals surface area contributed by atoms with Gasteiger partial charge in [0, 0.05) is 23.9 Å². The van der Waals surface area contributed by atoms with Crippen LogP contribution in [0.25, 0.3) is 5.52 Å². The molecule has 0 radical (unpaired) electrons. The van der Waals surface area contributed by atoms with Gasteiger partial charge in [-0.15, -0.1) is 0 Å². The number of amides is 1. The average Bonchev–Trinajstić information content (AvgIpc) is 3.17. The number of amidine groups is 1. The number of sulfone groups is 1. The van der Waals surface area contributed by atoms with Crippen molar-refractivity contribution in [1.82, 2.24) is 9.61 Å². The van der Waals surface area contributed by atoms with E-state index < -0.39 is 20.1 Å². The summed E-state index contributed by atoms with van der Waals surface area (Å²) in [5.41, 5.74) is 7.24. The Morgan fingerprint density at radius 1 is 1.22 bits per heavy atom. The van der Waals surface area contributed by atoms with Gasteiger partial charge in [-0.05, 0) is 50.2 Å². The van der Waals surface area contributed by atoms with Crippen LogP contribution in [0, 0.1) is 0 Å². The Morgan fingerprint density at radius 3 is 2.78 bits per heavy atom. The molecular weight excluding hydrogens is 430 g/mol. The summed E-state index contributed by atoms with van der Waals surface area (Å²) < 4.78 is 32.2. The van der Waals surface area contributed by atoms with Crippen LogP contribution in [0.4, 0.5) is 5.69 Å². The number of benzene rings is 1. The molecular formula is C22H23N5O4S. The number of hydrogen-bond donors (Lipinski definition) is 2. The van der Waals surface area contributed by atoms with Crippen LogP contribution >= 0.6 is 0 Å². The largest absolute Gasteiger partial charge is 0.493 e. The smallest absolute Gasteiger partial charge is 0.276 e. The van der Waals surface area contributed by atoms with Crippen LogP contribution in [0.2, 0.25) is 0 Å². The molecule has 1 amide bonds. The van der Waals surface area contributed by atoms with Gasteiger partial charge in [0.25, 0.3) is 5.91 Å². The second-order valence-electron chi connectivity index (χ2n) is 8.66. The van der Waals surface area contributed by atoms with Gasteiger partial charge in [-0.25, -0.2) is 12.9 Å². The Labute approximate surface area is 185 Å². The first-order valence-electron chi connectivity index (χ1n) is 10.2. The summed E-state index contributed by atoms with van der Waals surface area (Å²) in [6.45, 7) is 3.46. The van der Waals surface area contributed by atoms with Gasteiger partial charge in [0.1, 0.15) is 21.9 Å². The number of pyridine rings is 1. The van der Waals surface area contributed by atoms with Gasteiger partial charge in [0.2, 0.25) is 0 Å². The number of fused-ring (bicyclic) bond motifs is 3. The summed E-state index contributed by atoms with van der Waals surface area (Å²) in [7, 11) is -3.57. The van der Waals surface area contributed by atoms with Gasteiger partial charge in [-0.1, -0.05) is 6.07 Å². The lowest BCUT2D eigenvalue weighted by Gasteiger charge is -2.42. The highest BCUT2D eigenvalue weighted by Crippen LogP contribution is 2.46. The van der Waals surface area contributed by atoms with E-state index >= 15 is 0 Å². The number of anilines is 1. The number of rotatable bonds is 2. The highest BCUT2D eigenvalue weighted by atomic mass is 32.2. The molecule has 5 rings (SSSR count). The zero-order valence-corrected chi connectivity index (χ0v) is 18.5. The molecule has 3 N–H and O–H groups in total. The van der Waals surface area contributed by atoms with Crippen molar-refractivity contribution < 1.29 is 17.9 Å². The molecule has 0 bridgehead atoms. The molecule has 2 aromatic heterocycles. The standard InChI is InChI=1S/C22H23N5O4S/c1-21(2)20(23)25-22(13-32(21,29)30)8-10-31-18-7-6-14(11-16(18)22)24-19(28)17-12-15-5-3-4-9-27(15)26-17/h3-7,9,11-12H,8,10,13H2,1-2H3,(H2,23,25)(H,24,28)/t22-/m0/s1. The molecule has 166 valence electrons. The van der Waals surface area contributed by atoms with Crippen LogP contribution in [0.1, 0.15) is 36.3 Å². The second-order valence-corrected chi connectivity index (χ2v) is 11.2. The molecule has 0 saturated carbocycles. The quantitative estimate of drug-likeness (QED) is 0.612. The molecule has 0 saturated heterocycles. The molecule has 10 heteroatoms. The van der Waals surface area contributed by atoms with E-state index in [-0.39, 0.29) is 23.2 Å². The highest BCUT2D eigenvalue weighted by Gasteiger charge is 2.52. The fraction of sp³-hybridized carbons (Fsp3) is 0.318. The van der Waals surface area contributed by atoms with Crippen molar-refractivity contribution >= 4 is 32.8 Å². The maximum atomic E-state index is 13.0. The van der Waals surface area contributed by atoms with Crippen LogP contribution < -0.4 is 15.8 Å². The van der Waals surface area contributed by atoms with Crippen molar-refractivity contribution in [1.29, 1.82) is 0 Å². The van der Waals surface area contributed by atoms with Crippen molar-refractivity contribution in [3.05, 3.63) is 59.9 Å². The normalized spacial score (nSPS) is 23.2. The zero-order chi connectivity index (χ0) is 22.7. The average molecular weight is 454 g/mol. The highest BCUT2D eigenvalue weighted by molar-refractivity contribution is 7.93. The molecule has 32 heavy (non-hydrogen) atoms. The van der Waals surface area contributed by atoms with Gasteiger partial charge in [0.15, 0.2) is 15.5 Å². The van der Waals surface area contributed by atoms with Crippen LogP contribution in [0.5, 0.6) is 5.75 Å². The predicted octanol–water partition coefficient (Wildman–Crippen LogP) is 2.13. The van der Waals surface area contributed by atoms with Gasteiger partial charge >= 0.3 is 0 Å². The Hall–Kier alpha value is -3.40. The fourth-order valence-electron chi connectivity index (χ4n) is 4.12. The van der Waals surface area contributed by atoms with E-state index in [9.17, 15) is 13.2 Å². The van der Waals surface area contributed by atoms with E-state index in [1.54, 1.807) is 48.8 Å². The number of nitrogens with one attached hydrogen (secondary N) is 1. The Morgan fingerprint density at radius 2 is 2.03 bits per heavy atom. The van der Waals surface area contributed by atoms with Crippen molar-refractivity contribution in [2.24, 2.45) is 10.7 Å². The van der Waals surface area contributed by atoms with E-state index in [1.807, 2.05) is 18.2 Å². The first kappa shape index (κ1) is 20.5. The summed E-state index contributed by atoms with van der Waals surface area (Å²) in [5, 5.41) is 7.13. The molecule has 0 unspecified atom stereocenters. The van der Waals surface area contributed by atoms with Crippen LogP contribution in [-0.4, -0.2) is 46.9 Å². The first-order valence-corrected chi connectivity index (χ1v) is 11.9. The molecule has 0 fully saturated rings. The number of carbonyl (C=O) groups excluding carboxylic acids is 1. The zero-order valence-electron chi connectivity index (χ0n) is 17.7. The summed E-state index contributed by atoms with van der Waals surface area (Å²) in [5.74, 6) is 0.0671. The predicted molar refractivity (Wildman–Crippen MR) is 121 cm³/mol. The Kier molecular flexibility index (Phi) is 4.35. The molecule has 3 aromatic rings. The maximum Gasteiger partial charge on any atom is 0.276 e. The number of ether oxygens (including phenoxy) is 1. The molecule has 2 aliphatic rings. The minimum Gasteiger partial charge on any atom is -0.493 e. The first-order chi connectivity index (χ1) is 15.1. The molecule has 1 aromatic carbocycles. The van der Waals surface area contributed by atoms with E-state index in [1.165, 1.54) is 0 Å². The van der Waals surface area contributed by atoms with Crippen LogP contribution in [0.15, 0.2) is 53.7 Å². The fourth-order valence-corrected chi connectivity index (χ4v) is 5.84. The third kappa shape index (κ3) is 3.05. The monoisotopic (exact) mass is 453 g/mol. The topological polar surface area (TPSA) is 128 Å². The second kappa shape index (κ2) is 6.80. The third-order valence-corrected chi connectivity index (χ3v) is 8.89. The number of carbonyl (C=O) groups is 1. The molecule has 0 aliphatic carbocycles. The summed E-state index contributed by atoms with van der Waals surface area (Å²) in [6, 6.07) is 12.4. The van der Waals surface area contributed by atoms with Gasteiger partial charge in [0.05, 0.1) is 17.9 Å². The third-order valence-electron chi connectivity index (χ3n) is 6.27. The van der Waals surface area contributed by atoms with Gasteiger partial charge in [-0.2, -0.15) is 5.10 Å². The Balaban J connectivity index is 1.52. The maximum absolute atomic E-state index is 13.0. The lowest BCUT2D eigenvalue weighted by Crippen LogP contribution is -2.56. The van der Waals surface area contributed by atoms with Crippen molar-refractivity contribution in [2.45, 2.75) is 30.6 Å². The SMILES string of the molecule is CC1(C)C(N)=N[C@@]2(CCOc3ccc(NC(=O)c4cc5ccccn5n4)cc32)CS1(=O)=O. The molecule has 2 aliphatic heterocycles. The van der Waals surface area contributed by atoms with Crippen molar-refractivity contribution in [2.75, 3.05) is 17.7 Å². The number of nitrogens with two attached hydrogens (primary N) is 1. The molecule has 4 heterocycles. The number of nitrogens with zero attached hydrogens (tertiary/aromatic N) is 3. The summed E-state index contributed by atoms with van der Waals surface area (Å²) in [4.78, 5) is 17.5. The van der Waals surface area contributed by atoms with E-state index in [0.717, 1.165) is 5.52 Å². The number of aliphatic imine (C=N–C) groups is 1. The van der Waals surface area contributed by atoms with Crippen molar-refractivity contribution in [3.63, 3.8) is 0 Å². The molecule has 9 nitrogen and oxygen atoms in total. The van der Waals surface area contributed by atoms with Crippen LogP contribution in [-0.2, 0) is 15.4 Å². The Bertz CT molecular complexity index is 1360. The summed E-state index contributed by atoms with van der Waals surface area (Å²) >= 11 is 0. The number of aromatic nitrogens is 2. The minimum atomic E-state index is -3.57. The van der Waals surface area contributed by atoms with Crippen molar-refractivity contribution in [3.8, 4) is 5.75 Å². The van der Waals surface area contributed by atoms with Crippen LogP contribution in [0.3, 0.4) is 0 Å². The molecule has 1 spiro atoms. The minimum absolute atomic E-state index is 0.0794. The van der Waals surface area contributed by atoms with Gasteiger partial charge in [-0.3, -0.25) is 9.79 Å². The number of hydrogen-bond acceptors (Lipinski definition) is 7. The van der Waals surface area contributed by atoms with E-state index in [2.05, 4.69) is 15.4 Å². The lowest BCUT2D eigenvalue weighted by atomic mass is 9.85. The lowest BCUT2D eigenvalue weighted by molar-refractivity contribution is 0.102.